The van der Waals surface area contributed by atoms with E-state index in [-0.39, 0.29) is 0 Å². The molecule has 0 aliphatic heterocycles. The molecule has 13 heavy (non-hydrogen) atoms. The second-order valence-electron chi connectivity index (χ2n) is 3.20. The van der Waals surface area contributed by atoms with E-state index in [0.717, 1.165) is 18.7 Å². The molecule has 1 aromatic rings. The molecule has 0 unspecified atom stereocenters. The Hall–Kier alpha value is -1.31. The Kier molecular flexibility index (Phi) is 3.50. The third kappa shape index (κ3) is 3.28. The molecule has 2 heteroatoms. The number of rotatable bonds is 3. The molecule has 0 radical (unpaired) electrons. The number of aryl methyl sites for hydroxylation is 2. The Bertz CT molecular complexity index is 303. The van der Waals surface area contributed by atoms with Crippen molar-refractivity contribution in [2.45, 2.75) is 19.8 Å². The summed E-state index contributed by atoms with van der Waals surface area (Å²) in [6, 6.07) is 8.48. The van der Waals surface area contributed by atoms with Crippen molar-refractivity contribution in [2.24, 2.45) is 10.7 Å². The first kappa shape index (κ1) is 9.78. The lowest BCUT2D eigenvalue weighted by molar-refractivity contribution is 1.02. The summed E-state index contributed by atoms with van der Waals surface area (Å²) in [7, 11) is 1.73. The molecule has 0 aliphatic carbocycles. The lowest BCUT2D eigenvalue weighted by Crippen LogP contribution is -2.12. The molecule has 0 spiro atoms. The van der Waals surface area contributed by atoms with E-state index >= 15 is 0 Å². The second kappa shape index (κ2) is 4.65. The molecule has 0 bridgehead atoms. The number of hydrogen-bond acceptors (Lipinski definition) is 1. The molecule has 70 valence electrons. The van der Waals surface area contributed by atoms with E-state index in [2.05, 4.69) is 36.2 Å². The molecule has 0 saturated carbocycles. The minimum atomic E-state index is 0.724. The van der Waals surface area contributed by atoms with Gasteiger partial charge in [-0.25, -0.2) is 0 Å². The molecule has 0 saturated heterocycles. The van der Waals surface area contributed by atoms with E-state index < -0.39 is 0 Å². The van der Waals surface area contributed by atoms with Crippen LogP contribution in [-0.4, -0.2) is 12.9 Å². The van der Waals surface area contributed by atoms with Gasteiger partial charge >= 0.3 is 0 Å². The molecule has 0 fully saturated rings. The summed E-state index contributed by atoms with van der Waals surface area (Å²) in [5.41, 5.74) is 8.23. The van der Waals surface area contributed by atoms with E-state index in [1.54, 1.807) is 7.05 Å². The number of benzene rings is 1. The van der Waals surface area contributed by atoms with Gasteiger partial charge in [0.15, 0.2) is 0 Å². The summed E-state index contributed by atoms with van der Waals surface area (Å²) < 4.78 is 0. The summed E-state index contributed by atoms with van der Waals surface area (Å²) in [5.74, 6) is 0.724. The molecule has 2 N–H and O–H groups in total. The predicted octanol–water partition coefficient (Wildman–Crippen LogP) is 1.91. The van der Waals surface area contributed by atoms with Gasteiger partial charge in [-0.1, -0.05) is 29.8 Å². The smallest absolute Gasteiger partial charge is 0.0936 e. The van der Waals surface area contributed by atoms with Gasteiger partial charge in [-0.3, -0.25) is 4.99 Å². The topological polar surface area (TPSA) is 38.4 Å². The van der Waals surface area contributed by atoms with Gasteiger partial charge in [0.05, 0.1) is 5.84 Å². The maximum atomic E-state index is 5.61. The van der Waals surface area contributed by atoms with E-state index in [4.69, 9.17) is 5.73 Å². The van der Waals surface area contributed by atoms with Crippen molar-refractivity contribution < 1.29 is 0 Å². The average molecular weight is 176 g/mol. The summed E-state index contributed by atoms with van der Waals surface area (Å²) in [5, 5.41) is 0. The minimum absolute atomic E-state index is 0.724. The summed E-state index contributed by atoms with van der Waals surface area (Å²) in [6.45, 7) is 2.10. The quantitative estimate of drug-likeness (QED) is 0.554. The number of aliphatic imine (C=N–C) groups is 1. The number of nitrogens with zero attached hydrogens (tertiary/aromatic N) is 1. The van der Waals surface area contributed by atoms with Gasteiger partial charge in [0.1, 0.15) is 0 Å². The number of amidine groups is 1. The highest BCUT2D eigenvalue weighted by Gasteiger charge is 1.95. The van der Waals surface area contributed by atoms with Crippen LogP contribution in [0.5, 0.6) is 0 Å². The van der Waals surface area contributed by atoms with E-state index in [1.165, 1.54) is 11.1 Å². The normalized spacial score (nSPS) is 11.7. The zero-order chi connectivity index (χ0) is 9.68. The van der Waals surface area contributed by atoms with Crippen LogP contribution >= 0.6 is 0 Å². The lowest BCUT2D eigenvalue weighted by Gasteiger charge is -2.01. The molecule has 1 rings (SSSR count). The van der Waals surface area contributed by atoms with Crippen LogP contribution in [-0.2, 0) is 6.42 Å². The van der Waals surface area contributed by atoms with Gasteiger partial charge in [0, 0.05) is 13.5 Å². The molecular formula is C11H16N2. The van der Waals surface area contributed by atoms with Crippen molar-refractivity contribution in [2.75, 3.05) is 7.05 Å². The van der Waals surface area contributed by atoms with Crippen LogP contribution in [0.3, 0.4) is 0 Å². The highest BCUT2D eigenvalue weighted by Crippen LogP contribution is 2.06. The Morgan fingerprint density at radius 2 is 2.23 bits per heavy atom. The zero-order valence-corrected chi connectivity index (χ0v) is 8.25. The van der Waals surface area contributed by atoms with Gasteiger partial charge in [-0.15, -0.1) is 0 Å². The van der Waals surface area contributed by atoms with Crippen LogP contribution < -0.4 is 5.73 Å². The van der Waals surface area contributed by atoms with Crippen molar-refractivity contribution in [1.29, 1.82) is 0 Å². The van der Waals surface area contributed by atoms with Crippen LogP contribution in [0.2, 0.25) is 0 Å². The van der Waals surface area contributed by atoms with E-state index in [1.807, 2.05) is 0 Å². The van der Waals surface area contributed by atoms with Gasteiger partial charge in [0.2, 0.25) is 0 Å². The molecule has 0 amide bonds. The van der Waals surface area contributed by atoms with Gasteiger partial charge in [-0.2, -0.15) is 0 Å². The summed E-state index contributed by atoms with van der Waals surface area (Å²) >= 11 is 0. The SMILES string of the molecule is CN=C(N)CCc1cccc(C)c1. The predicted molar refractivity (Wildman–Crippen MR) is 57.0 cm³/mol. The third-order valence-corrected chi connectivity index (χ3v) is 2.04. The first-order valence-electron chi connectivity index (χ1n) is 4.49. The van der Waals surface area contributed by atoms with Crippen molar-refractivity contribution in [3.05, 3.63) is 35.4 Å². The molecule has 0 aliphatic rings. The molecule has 0 heterocycles. The second-order valence-corrected chi connectivity index (χ2v) is 3.20. The van der Waals surface area contributed by atoms with Crippen molar-refractivity contribution in [3.63, 3.8) is 0 Å². The number of hydrogen-bond donors (Lipinski definition) is 1. The first-order valence-corrected chi connectivity index (χ1v) is 4.49. The lowest BCUT2D eigenvalue weighted by atomic mass is 10.1. The minimum Gasteiger partial charge on any atom is -0.387 e. The molecule has 1 aromatic carbocycles. The molecule has 0 atom stereocenters. The molecular weight excluding hydrogens is 160 g/mol. The molecule has 0 aromatic heterocycles. The summed E-state index contributed by atoms with van der Waals surface area (Å²) in [6.07, 6.45) is 1.82. The molecule has 2 nitrogen and oxygen atoms in total. The van der Waals surface area contributed by atoms with Gasteiger partial charge < -0.3 is 5.73 Å². The third-order valence-electron chi connectivity index (χ3n) is 2.04. The first-order chi connectivity index (χ1) is 6.22. The fourth-order valence-corrected chi connectivity index (χ4v) is 1.25. The van der Waals surface area contributed by atoms with E-state index in [9.17, 15) is 0 Å². The van der Waals surface area contributed by atoms with Crippen LogP contribution in [0.15, 0.2) is 29.3 Å². The van der Waals surface area contributed by atoms with Crippen LogP contribution in [0.25, 0.3) is 0 Å². The maximum absolute atomic E-state index is 5.61. The standard InChI is InChI=1S/C11H16N2/c1-9-4-3-5-10(8-9)6-7-11(12)13-2/h3-5,8H,6-7H2,1-2H3,(H2,12,13). The Labute approximate surface area is 79.5 Å². The fourth-order valence-electron chi connectivity index (χ4n) is 1.25. The Balaban J connectivity index is 2.55. The van der Waals surface area contributed by atoms with Gasteiger partial charge in [-0.05, 0) is 18.9 Å². The van der Waals surface area contributed by atoms with Crippen molar-refractivity contribution >= 4 is 5.84 Å². The Morgan fingerprint density at radius 1 is 1.46 bits per heavy atom. The van der Waals surface area contributed by atoms with Gasteiger partial charge in [0.25, 0.3) is 0 Å². The maximum Gasteiger partial charge on any atom is 0.0936 e. The monoisotopic (exact) mass is 176 g/mol. The average Bonchev–Trinajstić information content (AvgIpc) is 2.14. The summed E-state index contributed by atoms with van der Waals surface area (Å²) in [4.78, 5) is 3.92. The van der Waals surface area contributed by atoms with Crippen LogP contribution in [0.1, 0.15) is 17.5 Å². The zero-order valence-electron chi connectivity index (χ0n) is 8.25. The largest absolute Gasteiger partial charge is 0.387 e. The van der Waals surface area contributed by atoms with Crippen molar-refractivity contribution in [3.8, 4) is 0 Å². The number of nitrogens with two attached hydrogens (primary N) is 1. The van der Waals surface area contributed by atoms with Crippen molar-refractivity contribution in [1.82, 2.24) is 0 Å². The highest BCUT2D eigenvalue weighted by molar-refractivity contribution is 5.80. The van der Waals surface area contributed by atoms with E-state index in [0.29, 0.717) is 0 Å². The van der Waals surface area contributed by atoms with Crippen LogP contribution in [0.4, 0.5) is 0 Å². The fraction of sp³-hybridized carbons (Fsp3) is 0.364. The highest BCUT2D eigenvalue weighted by atomic mass is 14.8. The van der Waals surface area contributed by atoms with Crippen LogP contribution in [0, 0.1) is 6.92 Å². The Morgan fingerprint density at radius 3 is 2.85 bits per heavy atom.